The van der Waals surface area contributed by atoms with Crippen LogP contribution < -0.4 is 4.29 Å². The van der Waals surface area contributed by atoms with Gasteiger partial charge in [0.2, 0.25) is 0 Å². The van der Waals surface area contributed by atoms with Crippen molar-refractivity contribution >= 4 is 27.8 Å². The van der Waals surface area contributed by atoms with Crippen molar-refractivity contribution in [3.8, 4) is 16.9 Å². The van der Waals surface area contributed by atoms with Gasteiger partial charge in [0, 0.05) is 16.5 Å². The molecule has 3 rings (SSSR count). The summed E-state index contributed by atoms with van der Waals surface area (Å²) >= 11 is 8.96. The lowest BCUT2D eigenvalue weighted by Gasteiger charge is -2.03. The number of hydrogen-bond donors (Lipinski definition) is 0. The molecule has 2 aromatic carbocycles. The summed E-state index contributed by atoms with van der Waals surface area (Å²) in [6, 6.07) is 12.3. The number of benzene rings is 2. The zero-order valence-corrected chi connectivity index (χ0v) is 10.7. The van der Waals surface area contributed by atoms with Crippen molar-refractivity contribution in [1.29, 1.82) is 0 Å². The normalized spacial score (nSPS) is 12.1. The number of fused-ring (bicyclic) bond motifs is 3. The lowest BCUT2D eigenvalue weighted by Crippen LogP contribution is -1.85. The molecule has 0 unspecified atom stereocenters. The van der Waals surface area contributed by atoms with E-state index in [1.165, 1.54) is 22.3 Å². The zero-order valence-electron chi connectivity index (χ0n) is 8.34. The van der Waals surface area contributed by atoms with Crippen molar-refractivity contribution in [1.82, 2.24) is 0 Å². The summed E-state index contributed by atoms with van der Waals surface area (Å²) in [4.78, 5) is 0. The van der Waals surface area contributed by atoms with Crippen LogP contribution in [0.15, 0.2) is 40.9 Å². The molecule has 0 radical (unpaired) electrons. The SMILES string of the molecule is ClOc1cccc2c1Cc1cc(Br)ccc1-2. The third-order valence-corrected chi connectivity index (χ3v) is 3.60. The van der Waals surface area contributed by atoms with E-state index in [0.29, 0.717) is 0 Å². The van der Waals surface area contributed by atoms with Crippen molar-refractivity contribution in [2.75, 3.05) is 0 Å². The molecule has 1 nitrogen and oxygen atoms in total. The Balaban J connectivity index is 2.23. The maximum absolute atomic E-state index is 5.48. The van der Waals surface area contributed by atoms with E-state index < -0.39 is 0 Å². The van der Waals surface area contributed by atoms with Gasteiger partial charge < -0.3 is 4.29 Å². The molecule has 0 N–H and O–H groups in total. The fourth-order valence-electron chi connectivity index (χ4n) is 2.23. The summed E-state index contributed by atoms with van der Waals surface area (Å²) in [7, 11) is 0. The third-order valence-electron chi connectivity index (χ3n) is 2.94. The summed E-state index contributed by atoms with van der Waals surface area (Å²) in [5.41, 5.74) is 4.98. The van der Waals surface area contributed by atoms with Crippen LogP contribution in [0.1, 0.15) is 11.1 Å². The van der Waals surface area contributed by atoms with Crippen molar-refractivity contribution in [2.24, 2.45) is 0 Å². The van der Waals surface area contributed by atoms with Gasteiger partial charge in [-0.2, -0.15) is 0 Å². The van der Waals surface area contributed by atoms with E-state index in [2.05, 4.69) is 40.2 Å². The first-order chi connectivity index (χ1) is 7.79. The number of hydrogen-bond acceptors (Lipinski definition) is 1. The molecule has 80 valence electrons. The van der Waals surface area contributed by atoms with Crippen LogP contribution in [0.25, 0.3) is 11.1 Å². The Kier molecular flexibility index (Phi) is 2.41. The molecule has 0 bridgehead atoms. The Morgan fingerprint density at radius 1 is 1.12 bits per heavy atom. The molecule has 0 amide bonds. The predicted octanol–water partition coefficient (Wildman–Crippen LogP) is 4.55. The smallest absolute Gasteiger partial charge is 0.150 e. The highest BCUT2D eigenvalue weighted by atomic mass is 79.9. The van der Waals surface area contributed by atoms with Crippen LogP contribution >= 0.6 is 27.8 Å². The highest BCUT2D eigenvalue weighted by molar-refractivity contribution is 9.10. The van der Waals surface area contributed by atoms with Crippen LogP contribution in [-0.4, -0.2) is 0 Å². The summed E-state index contributed by atoms with van der Waals surface area (Å²) in [6.07, 6.45) is 0.882. The van der Waals surface area contributed by atoms with Crippen molar-refractivity contribution < 1.29 is 4.29 Å². The average molecular weight is 296 g/mol. The van der Waals surface area contributed by atoms with E-state index in [1.807, 2.05) is 12.1 Å². The maximum Gasteiger partial charge on any atom is 0.150 e. The molecule has 1 aliphatic rings. The topological polar surface area (TPSA) is 9.23 Å². The van der Waals surface area contributed by atoms with Crippen LogP contribution in [0, 0.1) is 0 Å². The molecular weight excluding hydrogens is 287 g/mol. The monoisotopic (exact) mass is 294 g/mol. The standard InChI is InChI=1S/C13H8BrClO/c14-9-4-5-10-8(6-9)7-12-11(10)2-1-3-13(12)16-15/h1-6H,7H2. The van der Waals surface area contributed by atoms with Gasteiger partial charge >= 0.3 is 0 Å². The van der Waals surface area contributed by atoms with Gasteiger partial charge in [0.05, 0.1) is 0 Å². The Bertz CT molecular complexity index is 566. The molecule has 0 atom stereocenters. The van der Waals surface area contributed by atoms with Crippen molar-refractivity contribution in [3.63, 3.8) is 0 Å². The third kappa shape index (κ3) is 1.45. The molecule has 16 heavy (non-hydrogen) atoms. The minimum atomic E-state index is 0.756. The van der Waals surface area contributed by atoms with Crippen molar-refractivity contribution in [3.05, 3.63) is 52.0 Å². The Morgan fingerprint density at radius 2 is 2.00 bits per heavy atom. The van der Waals surface area contributed by atoms with Gasteiger partial charge in [-0.3, -0.25) is 0 Å². The first-order valence-corrected chi connectivity index (χ1v) is 6.09. The first kappa shape index (κ1) is 10.2. The highest BCUT2D eigenvalue weighted by Crippen LogP contribution is 2.42. The average Bonchev–Trinajstić information content (AvgIpc) is 2.65. The van der Waals surface area contributed by atoms with Crippen LogP contribution in [0.2, 0.25) is 0 Å². The second kappa shape index (κ2) is 3.79. The van der Waals surface area contributed by atoms with Gasteiger partial charge in [0.25, 0.3) is 0 Å². The Labute approximate surface area is 107 Å². The Morgan fingerprint density at radius 3 is 2.81 bits per heavy atom. The second-order valence-corrected chi connectivity index (χ2v) is 4.91. The van der Waals surface area contributed by atoms with Gasteiger partial charge in [-0.1, -0.05) is 34.1 Å². The first-order valence-electron chi connectivity index (χ1n) is 4.99. The summed E-state index contributed by atoms with van der Waals surface area (Å²) in [5.74, 6) is 0.756. The largest absolute Gasteiger partial charge is 0.385 e. The Hall–Kier alpha value is -0.990. The minimum Gasteiger partial charge on any atom is -0.385 e. The summed E-state index contributed by atoms with van der Waals surface area (Å²) in [5, 5.41) is 0. The van der Waals surface area contributed by atoms with Crippen LogP contribution in [-0.2, 0) is 6.42 Å². The molecule has 2 aromatic rings. The van der Waals surface area contributed by atoms with E-state index >= 15 is 0 Å². The zero-order chi connectivity index (χ0) is 11.1. The lowest BCUT2D eigenvalue weighted by atomic mass is 10.1. The molecule has 0 aliphatic heterocycles. The molecule has 0 aromatic heterocycles. The molecule has 0 saturated carbocycles. The van der Waals surface area contributed by atoms with E-state index in [0.717, 1.165) is 16.6 Å². The summed E-state index contributed by atoms with van der Waals surface area (Å²) in [6.45, 7) is 0. The quantitative estimate of drug-likeness (QED) is 0.640. The van der Waals surface area contributed by atoms with E-state index in [-0.39, 0.29) is 0 Å². The molecule has 0 fully saturated rings. The molecule has 3 heteroatoms. The van der Waals surface area contributed by atoms with Gasteiger partial charge in [0.15, 0.2) is 0 Å². The van der Waals surface area contributed by atoms with Crippen LogP contribution in [0.5, 0.6) is 5.75 Å². The van der Waals surface area contributed by atoms with Gasteiger partial charge in [0.1, 0.15) is 17.6 Å². The predicted molar refractivity (Wildman–Crippen MR) is 68.9 cm³/mol. The number of halogens is 2. The van der Waals surface area contributed by atoms with Gasteiger partial charge in [-0.25, -0.2) is 0 Å². The maximum atomic E-state index is 5.48. The van der Waals surface area contributed by atoms with Crippen LogP contribution in [0.3, 0.4) is 0 Å². The van der Waals surface area contributed by atoms with Crippen molar-refractivity contribution in [2.45, 2.75) is 6.42 Å². The molecule has 0 spiro atoms. The van der Waals surface area contributed by atoms with Gasteiger partial charge in [-0.15, -0.1) is 0 Å². The van der Waals surface area contributed by atoms with E-state index in [1.54, 1.807) is 0 Å². The van der Waals surface area contributed by atoms with E-state index in [9.17, 15) is 0 Å². The van der Waals surface area contributed by atoms with E-state index in [4.69, 9.17) is 16.2 Å². The fourth-order valence-corrected chi connectivity index (χ4v) is 2.79. The lowest BCUT2D eigenvalue weighted by molar-refractivity contribution is 0.612. The fraction of sp³-hybridized carbons (Fsp3) is 0.0769. The number of rotatable bonds is 1. The molecule has 0 saturated heterocycles. The molecular formula is C13H8BrClO. The van der Waals surface area contributed by atoms with Crippen LogP contribution in [0.4, 0.5) is 0 Å². The molecule has 0 heterocycles. The minimum absolute atomic E-state index is 0.756. The summed E-state index contributed by atoms with van der Waals surface area (Å²) < 4.78 is 5.98. The highest BCUT2D eigenvalue weighted by Gasteiger charge is 2.21. The molecule has 1 aliphatic carbocycles. The van der Waals surface area contributed by atoms with Gasteiger partial charge in [-0.05, 0) is 34.9 Å². The second-order valence-electron chi connectivity index (χ2n) is 3.84.